The van der Waals surface area contributed by atoms with Crippen LogP contribution < -0.4 is 10.6 Å². The van der Waals surface area contributed by atoms with E-state index >= 15 is 0 Å². The van der Waals surface area contributed by atoms with Crippen LogP contribution in [-0.4, -0.2) is 24.2 Å². The molecular weight excluding hydrogens is 242 g/mol. The summed E-state index contributed by atoms with van der Waals surface area (Å²) in [6, 6.07) is 0. The SMILES string of the molecule is Cl.O=C(NCC1CC1)c1noc2c1CNCC2. The molecule has 1 saturated carbocycles. The van der Waals surface area contributed by atoms with E-state index in [1.54, 1.807) is 0 Å². The number of halogens is 1. The van der Waals surface area contributed by atoms with Gasteiger partial charge >= 0.3 is 0 Å². The van der Waals surface area contributed by atoms with Crippen molar-refractivity contribution < 1.29 is 9.32 Å². The topological polar surface area (TPSA) is 67.2 Å². The number of carbonyl (C=O) groups excluding carboxylic acids is 1. The summed E-state index contributed by atoms with van der Waals surface area (Å²) in [5.74, 6) is 1.45. The molecule has 0 spiro atoms. The van der Waals surface area contributed by atoms with E-state index in [0.717, 1.165) is 30.8 Å². The van der Waals surface area contributed by atoms with Crippen LogP contribution in [0.25, 0.3) is 0 Å². The molecule has 0 atom stereocenters. The molecule has 1 aliphatic heterocycles. The second-order valence-electron chi connectivity index (χ2n) is 4.51. The summed E-state index contributed by atoms with van der Waals surface area (Å²) in [7, 11) is 0. The lowest BCUT2D eigenvalue weighted by molar-refractivity contribution is 0.0942. The third kappa shape index (κ3) is 2.61. The normalized spacial score (nSPS) is 18.1. The molecule has 2 aliphatic rings. The Morgan fingerprint density at radius 1 is 1.53 bits per heavy atom. The Hall–Kier alpha value is -1.07. The predicted molar refractivity (Wildman–Crippen MR) is 64.2 cm³/mol. The molecule has 1 amide bonds. The monoisotopic (exact) mass is 257 g/mol. The van der Waals surface area contributed by atoms with E-state index < -0.39 is 0 Å². The Morgan fingerprint density at radius 3 is 3.12 bits per heavy atom. The van der Waals surface area contributed by atoms with Crippen LogP contribution in [0, 0.1) is 5.92 Å². The molecule has 1 fully saturated rings. The molecule has 2 N–H and O–H groups in total. The first-order valence-corrected chi connectivity index (χ1v) is 5.81. The lowest BCUT2D eigenvalue weighted by atomic mass is 10.1. The Labute approximate surface area is 106 Å². The van der Waals surface area contributed by atoms with Gasteiger partial charge in [0, 0.05) is 31.6 Å². The largest absolute Gasteiger partial charge is 0.360 e. The standard InChI is InChI=1S/C11H15N3O2.ClH/c15-11(13-5-7-1-2-7)10-8-6-12-4-3-9(8)16-14-10;/h7,12H,1-6H2,(H,13,15);1H. The highest BCUT2D eigenvalue weighted by Gasteiger charge is 2.26. The van der Waals surface area contributed by atoms with Gasteiger partial charge in [0.25, 0.3) is 5.91 Å². The summed E-state index contributed by atoms with van der Waals surface area (Å²) in [6.45, 7) is 2.35. The van der Waals surface area contributed by atoms with Crippen LogP contribution in [0.15, 0.2) is 4.52 Å². The fourth-order valence-corrected chi connectivity index (χ4v) is 1.96. The lowest BCUT2D eigenvalue weighted by Crippen LogP contribution is -2.29. The van der Waals surface area contributed by atoms with Crippen LogP contribution in [0.2, 0.25) is 0 Å². The summed E-state index contributed by atoms with van der Waals surface area (Å²) in [5.41, 5.74) is 1.39. The molecule has 0 radical (unpaired) electrons. The van der Waals surface area contributed by atoms with Crippen LogP contribution >= 0.6 is 12.4 Å². The summed E-state index contributed by atoms with van der Waals surface area (Å²) in [4.78, 5) is 11.8. The molecule has 0 saturated heterocycles. The van der Waals surface area contributed by atoms with Crippen molar-refractivity contribution in [3.63, 3.8) is 0 Å². The smallest absolute Gasteiger partial charge is 0.273 e. The first kappa shape index (κ1) is 12.4. The second-order valence-corrected chi connectivity index (χ2v) is 4.51. The third-order valence-electron chi connectivity index (χ3n) is 3.16. The number of hydrogen-bond acceptors (Lipinski definition) is 4. The Morgan fingerprint density at radius 2 is 2.35 bits per heavy atom. The molecule has 2 heterocycles. The van der Waals surface area contributed by atoms with E-state index in [0.29, 0.717) is 18.2 Å². The van der Waals surface area contributed by atoms with Crippen molar-refractivity contribution >= 4 is 18.3 Å². The lowest BCUT2D eigenvalue weighted by Gasteiger charge is -2.10. The van der Waals surface area contributed by atoms with E-state index in [1.165, 1.54) is 12.8 Å². The van der Waals surface area contributed by atoms with Gasteiger partial charge in [0.1, 0.15) is 5.76 Å². The Balaban J connectivity index is 0.00000108. The zero-order valence-electron chi connectivity index (χ0n) is 9.49. The average molecular weight is 258 g/mol. The summed E-state index contributed by atoms with van der Waals surface area (Å²) >= 11 is 0. The van der Waals surface area contributed by atoms with Crippen LogP contribution in [0.3, 0.4) is 0 Å². The van der Waals surface area contributed by atoms with Crippen molar-refractivity contribution in [2.24, 2.45) is 5.92 Å². The minimum absolute atomic E-state index is 0. The molecule has 94 valence electrons. The number of fused-ring (bicyclic) bond motifs is 1. The van der Waals surface area contributed by atoms with E-state index in [4.69, 9.17) is 4.52 Å². The molecule has 0 unspecified atom stereocenters. The summed E-state index contributed by atoms with van der Waals surface area (Å²) < 4.78 is 5.18. The number of rotatable bonds is 3. The molecule has 17 heavy (non-hydrogen) atoms. The molecule has 3 rings (SSSR count). The fourth-order valence-electron chi connectivity index (χ4n) is 1.96. The minimum Gasteiger partial charge on any atom is -0.360 e. The quantitative estimate of drug-likeness (QED) is 0.844. The summed E-state index contributed by atoms with van der Waals surface area (Å²) in [5, 5.41) is 10.00. The van der Waals surface area contributed by atoms with Crippen LogP contribution in [-0.2, 0) is 13.0 Å². The maximum Gasteiger partial charge on any atom is 0.273 e. The molecule has 1 aliphatic carbocycles. The number of aromatic nitrogens is 1. The molecule has 1 aromatic rings. The molecule has 1 aromatic heterocycles. The molecule has 0 bridgehead atoms. The van der Waals surface area contributed by atoms with Gasteiger partial charge in [-0.25, -0.2) is 0 Å². The highest BCUT2D eigenvalue weighted by atomic mass is 35.5. The number of amides is 1. The van der Waals surface area contributed by atoms with Crippen molar-refractivity contribution in [2.75, 3.05) is 13.1 Å². The van der Waals surface area contributed by atoms with Gasteiger partial charge in [-0.2, -0.15) is 0 Å². The zero-order valence-corrected chi connectivity index (χ0v) is 10.3. The van der Waals surface area contributed by atoms with Crippen LogP contribution in [0.1, 0.15) is 34.7 Å². The third-order valence-corrected chi connectivity index (χ3v) is 3.16. The second kappa shape index (κ2) is 5.06. The fraction of sp³-hybridized carbons (Fsp3) is 0.636. The molecular formula is C11H16ClN3O2. The zero-order chi connectivity index (χ0) is 11.0. The van der Waals surface area contributed by atoms with Gasteiger partial charge in [-0.3, -0.25) is 4.79 Å². The van der Waals surface area contributed by atoms with Crippen molar-refractivity contribution in [1.82, 2.24) is 15.8 Å². The predicted octanol–water partition coefficient (Wildman–Crippen LogP) is 0.882. The van der Waals surface area contributed by atoms with E-state index in [9.17, 15) is 4.79 Å². The summed E-state index contributed by atoms with van der Waals surface area (Å²) in [6.07, 6.45) is 3.29. The van der Waals surface area contributed by atoms with Gasteiger partial charge in [-0.1, -0.05) is 5.16 Å². The van der Waals surface area contributed by atoms with Gasteiger partial charge in [-0.05, 0) is 18.8 Å². The van der Waals surface area contributed by atoms with Gasteiger partial charge in [-0.15, -0.1) is 12.4 Å². The number of carbonyl (C=O) groups is 1. The first-order valence-electron chi connectivity index (χ1n) is 5.81. The number of hydrogen-bond donors (Lipinski definition) is 2. The Bertz CT molecular complexity index is 415. The molecule has 6 heteroatoms. The maximum absolute atomic E-state index is 11.8. The highest BCUT2D eigenvalue weighted by molar-refractivity contribution is 5.93. The van der Waals surface area contributed by atoms with Crippen molar-refractivity contribution in [2.45, 2.75) is 25.8 Å². The number of nitrogens with zero attached hydrogens (tertiary/aromatic N) is 1. The molecule has 0 aromatic carbocycles. The van der Waals surface area contributed by atoms with Gasteiger partial charge in [0.15, 0.2) is 5.69 Å². The van der Waals surface area contributed by atoms with Gasteiger partial charge < -0.3 is 15.2 Å². The van der Waals surface area contributed by atoms with Crippen LogP contribution in [0.5, 0.6) is 0 Å². The highest BCUT2D eigenvalue weighted by Crippen LogP contribution is 2.27. The van der Waals surface area contributed by atoms with Crippen molar-refractivity contribution in [3.8, 4) is 0 Å². The van der Waals surface area contributed by atoms with Crippen LogP contribution in [0.4, 0.5) is 0 Å². The average Bonchev–Trinajstić information content (AvgIpc) is 3.04. The Kier molecular flexibility index (Phi) is 3.69. The maximum atomic E-state index is 11.8. The van der Waals surface area contributed by atoms with Crippen molar-refractivity contribution in [3.05, 3.63) is 17.0 Å². The van der Waals surface area contributed by atoms with E-state index in [1.807, 2.05) is 0 Å². The van der Waals surface area contributed by atoms with Gasteiger partial charge in [0.05, 0.1) is 0 Å². The molecule has 5 nitrogen and oxygen atoms in total. The van der Waals surface area contributed by atoms with E-state index in [2.05, 4.69) is 15.8 Å². The van der Waals surface area contributed by atoms with E-state index in [-0.39, 0.29) is 18.3 Å². The van der Waals surface area contributed by atoms with Crippen molar-refractivity contribution in [1.29, 1.82) is 0 Å². The van der Waals surface area contributed by atoms with Gasteiger partial charge in [0.2, 0.25) is 0 Å². The first-order chi connectivity index (χ1) is 7.84. The minimum atomic E-state index is -0.0967. The number of nitrogens with one attached hydrogen (secondary N) is 2.